The van der Waals surface area contributed by atoms with Crippen molar-refractivity contribution in [3.63, 3.8) is 0 Å². The van der Waals surface area contributed by atoms with Crippen LogP contribution < -0.4 is 10.6 Å². The summed E-state index contributed by atoms with van der Waals surface area (Å²) in [6.45, 7) is 2.51. The SMILES string of the molecule is Cc1cc(NC(=O)c2cc(NCCc3c[nH]c4ccccc34)ccn2)no1. The molecule has 1 amide bonds. The fraction of sp³-hybridized carbons (Fsp3) is 0.150. The molecule has 0 spiro atoms. The summed E-state index contributed by atoms with van der Waals surface area (Å²) >= 11 is 0. The molecule has 0 aliphatic rings. The van der Waals surface area contributed by atoms with E-state index in [0.29, 0.717) is 17.3 Å². The van der Waals surface area contributed by atoms with Crippen LogP contribution in [0.5, 0.6) is 0 Å². The largest absolute Gasteiger partial charge is 0.385 e. The molecule has 3 heterocycles. The van der Waals surface area contributed by atoms with Gasteiger partial charge >= 0.3 is 0 Å². The van der Waals surface area contributed by atoms with Crippen molar-refractivity contribution in [1.82, 2.24) is 15.1 Å². The van der Waals surface area contributed by atoms with E-state index in [2.05, 4.69) is 37.9 Å². The molecule has 4 aromatic rings. The van der Waals surface area contributed by atoms with E-state index >= 15 is 0 Å². The lowest BCUT2D eigenvalue weighted by molar-refractivity contribution is 0.102. The number of anilines is 2. The van der Waals surface area contributed by atoms with Crippen LogP contribution in [-0.2, 0) is 6.42 Å². The average Bonchev–Trinajstić information content (AvgIpc) is 3.28. The van der Waals surface area contributed by atoms with E-state index in [-0.39, 0.29) is 5.91 Å². The first kappa shape index (κ1) is 16.8. The zero-order chi connectivity index (χ0) is 18.6. The Kier molecular flexibility index (Phi) is 4.57. The zero-order valence-corrected chi connectivity index (χ0v) is 14.8. The van der Waals surface area contributed by atoms with E-state index in [4.69, 9.17) is 4.52 Å². The van der Waals surface area contributed by atoms with E-state index in [1.54, 1.807) is 25.3 Å². The minimum Gasteiger partial charge on any atom is -0.385 e. The number of benzene rings is 1. The molecule has 27 heavy (non-hydrogen) atoms. The molecule has 1 aromatic carbocycles. The van der Waals surface area contributed by atoms with Gasteiger partial charge in [0.1, 0.15) is 11.5 Å². The van der Waals surface area contributed by atoms with Crippen LogP contribution in [0, 0.1) is 6.92 Å². The molecule has 136 valence electrons. The Morgan fingerprint density at radius 1 is 1.22 bits per heavy atom. The van der Waals surface area contributed by atoms with Gasteiger partial charge in [-0.25, -0.2) is 0 Å². The summed E-state index contributed by atoms with van der Waals surface area (Å²) in [5, 5.41) is 11.0. The number of amides is 1. The minimum absolute atomic E-state index is 0.313. The van der Waals surface area contributed by atoms with Crippen molar-refractivity contribution in [3.05, 3.63) is 71.9 Å². The second kappa shape index (κ2) is 7.33. The number of H-pyrrole nitrogens is 1. The number of aromatic nitrogens is 3. The molecule has 0 saturated carbocycles. The van der Waals surface area contributed by atoms with Gasteiger partial charge < -0.3 is 20.1 Å². The van der Waals surface area contributed by atoms with Crippen molar-refractivity contribution in [2.45, 2.75) is 13.3 Å². The Morgan fingerprint density at radius 3 is 2.96 bits per heavy atom. The molecular weight excluding hydrogens is 342 g/mol. The maximum absolute atomic E-state index is 12.3. The van der Waals surface area contributed by atoms with Crippen LogP contribution in [0.3, 0.4) is 0 Å². The van der Waals surface area contributed by atoms with Gasteiger partial charge in [-0.1, -0.05) is 23.4 Å². The second-order valence-electron chi connectivity index (χ2n) is 6.24. The van der Waals surface area contributed by atoms with Crippen LogP contribution in [0.2, 0.25) is 0 Å². The maximum atomic E-state index is 12.3. The summed E-state index contributed by atoms with van der Waals surface area (Å²) in [5.74, 6) is 0.673. The molecule has 0 atom stereocenters. The fourth-order valence-electron chi connectivity index (χ4n) is 2.95. The number of pyridine rings is 1. The maximum Gasteiger partial charge on any atom is 0.275 e. The standard InChI is InChI=1S/C20H19N5O2/c1-13-10-19(25-27-13)24-20(26)18-11-15(7-9-22-18)21-8-6-14-12-23-17-5-3-2-4-16(14)17/h2-5,7,9-12,23H,6,8H2,1H3,(H,21,22)(H,24,25,26). The molecule has 0 unspecified atom stereocenters. The predicted octanol–water partition coefficient (Wildman–Crippen LogP) is 3.77. The molecule has 0 saturated heterocycles. The number of rotatable bonds is 6. The van der Waals surface area contributed by atoms with E-state index in [1.165, 1.54) is 10.9 Å². The summed E-state index contributed by atoms with van der Waals surface area (Å²) in [4.78, 5) is 19.7. The zero-order valence-electron chi connectivity index (χ0n) is 14.8. The third kappa shape index (κ3) is 3.82. The molecular formula is C20H19N5O2. The topological polar surface area (TPSA) is 95.8 Å². The van der Waals surface area contributed by atoms with Gasteiger partial charge in [-0.2, -0.15) is 0 Å². The van der Waals surface area contributed by atoms with Crippen molar-refractivity contribution >= 4 is 28.3 Å². The van der Waals surface area contributed by atoms with Crippen molar-refractivity contribution in [3.8, 4) is 0 Å². The summed E-state index contributed by atoms with van der Waals surface area (Å²) in [5.41, 5.74) is 3.55. The van der Waals surface area contributed by atoms with Crippen molar-refractivity contribution in [2.24, 2.45) is 0 Å². The number of nitrogens with zero attached hydrogens (tertiary/aromatic N) is 2. The highest BCUT2D eigenvalue weighted by Gasteiger charge is 2.11. The van der Waals surface area contributed by atoms with Gasteiger partial charge in [0.2, 0.25) is 0 Å². The number of aromatic amines is 1. The Balaban J connectivity index is 1.38. The molecule has 7 nitrogen and oxygen atoms in total. The first-order valence-corrected chi connectivity index (χ1v) is 8.68. The van der Waals surface area contributed by atoms with Gasteiger partial charge in [0, 0.05) is 41.6 Å². The first-order valence-electron chi connectivity index (χ1n) is 8.68. The van der Waals surface area contributed by atoms with Crippen LogP contribution in [-0.4, -0.2) is 27.6 Å². The van der Waals surface area contributed by atoms with E-state index in [0.717, 1.165) is 24.2 Å². The summed E-state index contributed by atoms with van der Waals surface area (Å²) in [6, 6.07) is 13.4. The highest BCUT2D eigenvalue weighted by molar-refractivity contribution is 6.02. The van der Waals surface area contributed by atoms with Gasteiger partial charge in [0.15, 0.2) is 5.82 Å². The molecule has 7 heteroatoms. The quantitative estimate of drug-likeness (QED) is 0.486. The van der Waals surface area contributed by atoms with Gasteiger partial charge in [0.05, 0.1) is 0 Å². The Labute approximate surface area is 155 Å². The van der Waals surface area contributed by atoms with Crippen LogP contribution in [0.4, 0.5) is 11.5 Å². The lowest BCUT2D eigenvalue weighted by Gasteiger charge is -2.07. The number of aryl methyl sites for hydroxylation is 1. The van der Waals surface area contributed by atoms with Gasteiger partial charge in [-0.3, -0.25) is 9.78 Å². The Bertz CT molecular complexity index is 1080. The third-order valence-electron chi connectivity index (χ3n) is 4.26. The third-order valence-corrected chi connectivity index (χ3v) is 4.26. The molecule has 0 aliphatic carbocycles. The lowest BCUT2D eigenvalue weighted by Crippen LogP contribution is -2.14. The lowest BCUT2D eigenvalue weighted by atomic mass is 10.1. The number of para-hydroxylation sites is 1. The van der Waals surface area contributed by atoms with E-state index < -0.39 is 0 Å². The number of nitrogens with one attached hydrogen (secondary N) is 3. The molecule has 0 fully saturated rings. The normalized spacial score (nSPS) is 10.9. The number of fused-ring (bicyclic) bond motifs is 1. The summed E-state index contributed by atoms with van der Waals surface area (Å²) in [7, 11) is 0. The van der Waals surface area contributed by atoms with Crippen LogP contribution in [0.1, 0.15) is 21.8 Å². The van der Waals surface area contributed by atoms with Crippen LogP contribution in [0.15, 0.2) is 59.4 Å². The highest BCUT2D eigenvalue weighted by Crippen LogP contribution is 2.18. The molecule has 3 aromatic heterocycles. The van der Waals surface area contributed by atoms with Crippen LogP contribution in [0.25, 0.3) is 10.9 Å². The highest BCUT2D eigenvalue weighted by atomic mass is 16.5. The van der Waals surface area contributed by atoms with Crippen molar-refractivity contribution in [2.75, 3.05) is 17.2 Å². The average molecular weight is 361 g/mol. The molecule has 0 bridgehead atoms. The molecule has 4 rings (SSSR count). The predicted molar refractivity (Wildman–Crippen MR) is 104 cm³/mol. The van der Waals surface area contributed by atoms with Gasteiger partial charge in [-0.05, 0) is 37.1 Å². The number of hydrogen-bond donors (Lipinski definition) is 3. The number of carbonyl (C=O) groups is 1. The summed E-state index contributed by atoms with van der Waals surface area (Å²) < 4.78 is 4.94. The molecule has 0 aliphatic heterocycles. The monoisotopic (exact) mass is 361 g/mol. The van der Waals surface area contributed by atoms with Gasteiger partial charge in [-0.15, -0.1) is 0 Å². The minimum atomic E-state index is -0.330. The van der Waals surface area contributed by atoms with E-state index in [1.807, 2.05) is 24.4 Å². The van der Waals surface area contributed by atoms with Crippen LogP contribution >= 0.6 is 0 Å². The van der Waals surface area contributed by atoms with Gasteiger partial charge in [0.25, 0.3) is 5.91 Å². The van der Waals surface area contributed by atoms with E-state index in [9.17, 15) is 4.79 Å². The molecule has 0 radical (unpaired) electrons. The first-order chi connectivity index (χ1) is 13.2. The Hall–Kier alpha value is -3.61. The van der Waals surface area contributed by atoms with Crippen molar-refractivity contribution in [1.29, 1.82) is 0 Å². The number of hydrogen-bond acceptors (Lipinski definition) is 5. The Morgan fingerprint density at radius 2 is 2.11 bits per heavy atom. The molecule has 3 N–H and O–H groups in total. The summed E-state index contributed by atoms with van der Waals surface area (Å²) in [6.07, 6.45) is 4.51. The van der Waals surface area contributed by atoms with Crippen molar-refractivity contribution < 1.29 is 9.32 Å². The second-order valence-corrected chi connectivity index (χ2v) is 6.24. The number of carbonyl (C=O) groups excluding carboxylic acids is 1. The smallest absolute Gasteiger partial charge is 0.275 e. The fourth-order valence-corrected chi connectivity index (χ4v) is 2.95.